The molecule has 0 bridgehead atoms. The molecule has 0 radical (unpaired) electrons. The molecule has 0 spiro atoms. The van der Waals surface area contributed by atoms with Gasteiger partial charge in [-0.2, -0.15) is 0 Å². The van der Waals surface area contributed by atoms with E-state index in [2.05, 4.69) is 12.2 Å². The zero-order valence-corrected chi connectivity index (χ0v) is 15.2. The van der Waals surface area contributed by atoms with Crippen LogP contribution < -0.4 is 5.32 Å². The average molecular weight is 366 g/mol. The number of benzene rings is 1. The first-order chi connectivity index (χ1) is 13.0. The highest BCUT2D eigenvalue weighted by molar-refractivity contribution is 6.22. The van der Waals surface area contributed by atoms with Gasteiger partial charge < -0.3 is 9.73 Å². The van der Waals surface area contributed by atoms with Crippen molar-refractivity contribution in [1.29, 1.82) is 0 Å². The highest BCUT2D eigenvalue weighted by Crippen LogP contribution is 2.27. The number of nitrogens with zero attached hydrogens (tertiary/aromatic N) is 1. The first-order valence-corrected chi connectivity index (χ1v) is 9.36. The summed E-state index contributed by atoms with van der Waals surface area (Å²) in [5.74, 6) is 0.195. The molecule has 2 aliphatic rings. The van der Waals surface area contributed by atoms with Crippen molar-refractivity contribution in [3.05, 3.63) is 59.0 Å². The van der Waals surface area contributed by atoms with Gasteiger partial charge in [0.25, 0.3) is 17.7 Å². The number of carbonyl (C=O) groups excluding carboxylic acids is 3. The normalized spacial score (nSPS) is 22.0. The zero-order valence-electron chi connectivity index (χ0n) is 15.2. The van der Waals surface area contributed by atoms with Crippen LogP contribution in [0.2, 0.25) is 0 Å². The molecule has 140 valence electrons. The summed E-state index contributed by atoms with van der Waals surface area (Å²) in [4.78, 5) is 39.0. The lowest BCUT2D eigenvalue weighted by Crippen LogP contribution is -2.38. The number of rotatable bonds is 4. The number of nitrogens with one attached hydrogen (secondary N) is 1. The van der Waals surface area contributed by atoms with E-state index in [0.29, 0.717) is 22.8 Å². The first kappa shape index (κ1) is 17.5. The lowest BCUT2D eigenvalue weighted by Gasteiger charge is -2.27. The predicted octanol–water partition coefficient (Wildman–Crippen LogP) is 3.38. The minimum atomic E-state index is -0.396. The molecule has 1 fully saturated rings. The highest BCUT2D eigenvalue weighted by Gasteiger charge is 2.36. The molecule has 1 aromatic heterocycles. The Hall–Kier alpha value is -2.89. The van der Waals surface area contributed by atoms with E-state index >= 15 is 0 Å². The number of amides is 3. The van der Waals surface area contributed by atoms with Gasteiger partial charge >= 0.3 is 0 Å². The van der Waals surface area contributed by atoms with Gasteiger partial charge in [-0.1, -0.05) is 19.8 Å². The van der Waals surface area contributed by atoms with Gasteiger partial charge in [0.15, 0.2) is 0 Å². The fourth-order valence-electron chi connectivity index (χ4n) is 3.97. The summed E-state index contributed by atoms with van der Waals surface area (Å²) in [7, 11) is 0. The van der Waals surface area contributed by atoms with Crippen LogP contribution in [0.1, 0.15) is 69.4 Å². The van der Waals surface area contributed by atoms with Crippen molar-refractivity contribution in [3.63, 3.8) is 0 Å². The van der Waals surface area contributed by atoms with E-state index in [-0.39, 0.29) is 30.0 Å². The Kier molecular flexibility index (Phi) is 4.56. The van der Waals surface area contributed by atoms with Crippen molar-refractivity contribution in [2.75, 3.05) is 0 Å². The van der Waals surface area contributed by atoms with Crippen molar-refractivity contribution in [2.45, 2.75) is 45.2 Å². The third-order valence-electron chi connectivity index (χ3n) is 5.40. The Labute approximate surface area is 157 Å². The van der Waals surface area contributed by atoms with Crippen LogP contribution in [0.25, 0.3) is 0 Å². The summed E-state index contributed by atoms with van der Waals surface area (Å²) < 4.78 is 5.24. The molecule has 2 aromatic rings. The summed E-state index contributed by atoms with van der Waals surface area (Å²) in [6.07, 6.45) is 5.78. The van der Waals surface area contributed by atoms with Gasteiger partial charge in [-0.25, -0.2) is 0 Å². The molecule has 27 heavy (non-hydrogen) atoms. The molecule has 1 aliphatic heterocycles. The van der Waals surface area contributed by atoms with E-state index in [1.165, 1.54) is 18.8 Å². The second kappa shape index (κ2) is 7.02. The molecule has 3 amide bonds. The molecule has 1 N–H and O–H groups in total. The second-order valence-electron chi connectivity index (χ2n) is 7.48. The first-order valence-electron chi connectivity index (χ1n) is 9.36. The maximum Gasteiger partial charge on any atom is 0.261 e. The van der Waals surface area contributed by atoms with Crippen molar-refractivity contribution >= 4 is 17.7 Å². The molecule has 0 saturated heterocycles. The number of carbonyl (C=O) groups is 3. The van der Waals surface area contributed by atoms with E-state index in [4.69, 9.17) is 4.42 Å². The average Bonchev–Trinajstić information content (AvgIpc) is 3.25. The molecule has 1 aromatic carbocycles. The Bertz CT molecular complexity index is 888. The van der Waals surface area contributed by atoms with Gasteiger partial charge in [-0.05, 0) is 49.1 Å². The van der Waals surface area contributed by atoms with Crippen molar-refractivity contribution < 1.29 is 18.8 Å². The van der Waals surface area contributed by atoms with E-state index in [9.17, 15) is 14.4 Å². The van der Waals surface area contributed by atoms with Crippen LogP contribution in [-0.2, 0) is 6.54 Å². The van der Waals surface area contributed by atoms with E-state index in [1.54, 1.807) is 24.3 Å². The van der Waals surface area contributed by atoms with E-state index < -0.39 is 5.91 Å². The summed E-state index contributed by atoms with van der Waals surface area (Å²) in [6.45, 7) is 2.28. The Morgan fingerprint density at radius 3 is 2.74 bits per heavy atom. The molecule has 1 aliphatic carbocycles. The fraction of sp³-hybridized carbons (Fsp3) is 0.381. The van der Waals surface area contributed by atoms with Gasteiger partial charge in [0.05, 0.1) is 23.9 Å². The van der Waals surface area contributed by atoms with Crippen LogP contribution in [0.3, 0.4) is 0 Å². The van der Waals surface area contributed by atoms with Crippen LogP contribution in [0.5, 0.6) is 0 Å². The molecule has 1 saturated carbocycles. The molecule has 6 heteroatoms. The molecular formula is C21H22N2O4. The number of hydrogen-bond acceptors (Lipinski definition) is 4. The van der Waals surface area contributed by atoms with Gasteiger partial charge in [0.2, 0.25) is 0 Å². The van der Waals surface area contributed by atoms with E-state index in [0.717, 1.165) is 24.2 Å². The summed E-state index contributed by atoms with van der Waals surface area (Å²) in [6, 6.07) is 8.30. The fourth-order valence-corrected chi connectivity index (χ4v) is 3.97. The highest BCUT2D eigenvalue weighted by atomic mass is 16.3. The topological polar surface area (TPSA) is 79.6 Å². The SMILES string of the molecule is CC1CCCC(NC(=O)c2ccc3c(c2)C(=O)N(Cc2ccco2)C3=O)C1. The van der Waals surface area contributed by atoms with Crippen molar-refractivity contribution in [2.24, 2.45) is 5.92 Å². The minimum absolute atomic E-state index is 0.0842. The number of fused-ring (bicyclic) bond motifs is 1. The van der Waals surface area contributed by atoms with Gasteiger partial charge in [0, 0.05) is 11.6 Å². The van der Waals surface area contributed by atoms with Crippen molar-refractivity contribution in [1.82, 2.24) is 10.2 Å². The smallest absolute Gasteiger partial charge is 0.261 e. The molecular weight excluding hydrogens is 344 g/mol. The maximum atomic E-state index is 12.7. The monoisotopic (exact) mass is 366 g/mol. The summed E-state index contributed by atoms with van der Waals surface area (Å²) in [5.41, 5.74) is 1.01. The maximum absolute atomic E-state index is 12.7. The van der Waals surface area contributed by atoms with Crippen LogP contribution in [0.4, 0.5) is 0 Å². The lowest BCUT2D eigenvalue weighted by atomic mass is 9.87. The zero-order chi connectivity index (χ0) is 19.0. The third kappa shape index (κ3) is 3.39. The summed E-state index contributed by atoms with van der Waals surface area (Å²) in [5, 5.41) is 3.07. The number of furan rings is 1. The Balaban J connectivity index is 1.51. The summed E-state index contributed by atoms with van der Waals surface area (Å²) >= 11 is 0. The molecule has 4 rings (SSSR count). The van der Waals surface area contributed by atoms with Gasteiger partial charge in [0.1, 0.15) is 5.76 Å². The Morgan fingerprint density at radius 2 is 2.00 bits per heavy atom. The molecule has 6 nitrogen and oxygen atoms in total. The van der Waals surface area contributed by atoms with Crippen molar-refractivity contribution in [3.8, 4) is 0 Å². The quantitative estimate of drug-likeness (QED) is 0.841. The molecule has 2 heterocycles. The predicted molar refractivity (Wildman–Crippen MR) is 98.2 cm³/mol. The van der Waals surface area contributed by atoms with Crippen LogP contribution in [-0.4, -0.2) is 28.7 Å². The van der Waals surface area contributed by atoms with Crippen LogP contribution in [0, 0.1) is 5.92 Å². The largest absolute Gasteiger partial charge is 0.467 e. The second-order valence-corrected chi connectivity index (χ2v) is 7.48. The number of hydrogen-bond donors (Lipinski definition) is 1. The third-order valence-corrected chi connectivity index (χ3v) is 5.40. The lowest BCUT2D eigenvalue weighted by molar-refractivity contribution is 0.0631. The standard InChI is InChI=1S/C21H22N2O4/c1-13-4-2-5-15(10-13)22-19(24)14-7-8-17-18(11-14)21(26)23(20(17)25)12-16-6-3-9-27-16/h3,6-9,11,13,15H,2,4-5,10,12H2,1H3,(H,22,24). The van der Waals surface area contributed by atoms with E-state index in [1.807, 2.05) is 0 Å². The molecule has 2 unspecified atom stereocenters. The van der Waals surface area contributed by atoms with Gasteiger partial charge in [-0.3, -0.25) is 19.3 Å². The minimum Gasteiger partial charge on any atom is -0.467 e. The number of imide groups is 1. The van der Waals surface area contributed by atoms with Crippen LogP contribution in [0.15, 0.2) is 41.0 Å². The Morgan fingerprint density at radius 1 is 1.19 bits per heavy atom. The molecule has 2 atom stereocenters. The van der Waals surface area contributed by atoms with Gasteiger partial charge in [-0.15, -0.1) is 0 Å². The van der Waals surface area contributed by atoms with Crippen LogP contribution >= 0.6 is 0 Å².